The number of nitrogens with zero attached hydrogens (tertiary/aromatic N) is 1. The first-order chi connectivity index (χ1) is 18.5. The zero-order chi connectivity index (χ0) is 25.8. The molecule has 5 aliphatic heterocycles. The Morgan fingerprint density at radius 1 is 0.921 bits per heavy atom. The maximum atomic E-state index is 14.7. The van der Waals surface area contributed by atoms with Gasteiger partial charge in [-0.1, -0.05) is 29.8 Å². The lowest BCUT2D eigenvalue weighted by molar-refractivity contribution is -0.137. The molecule has 0 radical (unpaired) electrons. The van der Waals surface area contributed by atoms with Crippen molar-refractivity contribution in [2.24, 2.45) is 5.92 Å². The first-order valence-electron chi connectivity index (χ1n) is 12.7. The van der Waals surface area contributed by atoms with Gasteiger partial charge in [-0.25, -0.2) is 0 Å². The first-order valence-corrected chi connectivity index (χ1v) is 13.1. The van der Waals surface area contributed by atoms with Gasteiger partial charge in [-0.3, -0.25) is 19.3 Å². The maximum Gasteiger partial charge on any atom is 0.251 e. The molecule has 2 spiro atoms. The summed E-state index contributed by atoms with van der Waals surface area (Å²) in [5, 5.41) is 6.54. The Balaban J connectivity index is 1.45. The number of nitrogens with one attached hydrogen (secondary N) is 2. The van der Waals surface area contributed by atoms with Gasteiger partial charge in [-0.2, -0.15) is 0 Å². The summed E-state index contributed by atoms with van der Waals surface area (Å²) < 4.78 is 11.0. The minimum absolute atomic E-state index is 0.0906. The second-order valence-electron chi connectivity index (χ2n) is 10.5. The lowest BCUT2D eigenvalue weighted by Crippen LogP contribution is -2.62. The van der Waals surface area contributed by atoms with Crippen LogP contribution in [0, 0.1) is 5.92 Å². The summed E-state index contributed by atoms with van der Waals surface area (Å²) >= 11 is 6.51. The standard InChI is InChI=1S/C29H22ClN3O5/c30-16-8-9-20-18(13-16)29(27(36)32-20)28(17-4-1-2-5-19(17)31-26(28)35)24(21-6-3-11-33(21)29)25(34)15-7-10-22-23(12-15)38-14-37-22/h1-2,4-5,7-10,12-13,21,24H,3,6,11,14H2,(H,31,35)(H,32,36)/t21-,24+,28+,29+/m1/s1. The minimum atomic E-state index is -1.51. The second kappa shape index (κ2) is 7.36. The molecule has 9 heteroatoms. The highest BCUT2D eigenvalue weighted by molar-refractivity contribution is 6.31. The SMILES string of the molecule is O=C(c1ccc2c(c1)OCO2)[C@@H]1[C@H]2CCCN2[C@@]2(C(=O)Nc3ccc(Cl)cc32)[C@]12C(=O)Nc1ccccc12. The van der Waals surface area contributed by atoms with Crippen LogP contribution < -0.4 is 20.1 Å². The smallest absolute Gasteiger partial charge is 0.251 e. The molecule has 2 saturated heterocycles. The molecule has 0 unspecified atom stereocenters. The Hall–Kier alpha value is -3.88. The number of para-hydroxylation sites is 1. The Labute approximate surface area is 222 Å². The van der Waals surface area contributed by atoms with E-state index in [4.69, 9.17) is 21.1 Å². The molecule has 0 aromatic heterocycles. The Morgan fingerprint density at radius 3 is 2.61 bits per heavy atom. The van der Waals surface area contributed by atoms with Crippen LogP contribution >= 0.6 is 11.6 Å². The number of benzene rings is 3. The van der Waals surface area contributed by atoms with Crippen LogP contribution in [0.4, 0.5) is 11.4 Å². The van der Waals surface area contributed by atoms with E-state index in [0.29, 0.717) is 57.6 Å². The highest BCUT2D eigenvalue weighted by atomic mass is 35.5. The number of hydrogen-bond acceptors (Lipinski definition) is 6. The van der Waals surface area contributed by atoms with E-state index in [0.717, 1.165) is 6.42 Å². The predicted molar refractivity (Wildman–Crippen MR) is 139 cm³/mol. The van der Waals surface area contributed by atoms with E-state index >= 15 is 0 Å². The molecule has 3 aromatic rings. The third-order valence-corrected chi connectivity index (χ3v) is 9.23. The number of hydrogen-bond donors (Lipinski definition) is 2. The van der Waals surface area contributed by atoms with Gasteiger partial charge in [0.1, 0.15) is 11.0 Å². The van der Waals surface area contributed by atoms with Crippen molar-refractivity contribution in [2.75, 3.05) is 24.0 Å². The van der Waals surface area contributed by atoms with Gasteiger partial charge in [0.05, 0.1) is 5.92 Å². The quantitative estimate of drug-likeness (QED) is 0.487. The number of fused-ring (bicyclic) bond motifs is 8. The Kier molecular flexibility index (Phi) is 4.29. The number of anilines is 2. The maximum absolute atomic E-state index is 14.7. The number of carbonyl (C=O) groups excluding carboxylic acids is 3. The normalized spacial score (nSPS) is 29.9. The molecule has 4 atom stereocenters. The lowest BCUT2D eigenvalue weighted by atomic mass is 9.57. The molecule has 5 aliphatic rings. The lowest BCUT2D eigenvalue weighted by Gasteiger charge is -2.43. The van der Waals surface area contributed by atoms with E-state index in [1.165, 1.54) is 0 Å². The fourth-order valence-corrected chi connectivity index (χ4v) is 7.95. The number of ketones is 1. The molecule has 8 nitrogen and oxygen atoms in total. The topological polar surface area (TPSA) is 97.0 Å². The summed E-state index contributed by atoms with van der Waals surface area (Å²) in [5.74, 6) is -0.626. The number of amides is 2. The average Bonchev–Trinajstić information content (AvgIpc) is 3.71. The van der Waals surface area contributed by atoms with E-state index < -0.39 is 16.9 Å². The van der Waals surface area contributed by atoms with Crippen molar-refractivity contribution in [2.45, 2.75) is 29.8 Å². The van der Waals surface area contributed by atoms with Gasteiger partial charge in [-0.05, 0) is 67.4 Å². The molecular weight excluding hydrogens is 506 g/mol. The third-order valence-electron chi connectivity index (χ3n) is 9.00. The average molecular weight is 528 g/mol. The molecule has 0 aliphatic carbocycles. The predicted octanol–water partition coefficient (Wildman–Crippen LogP) is 4.08. The van der Waals surface area contributed by atoms with Gasteiger partial charge in [0, 0.05) is 33.6 Å². The fraction of sp³-hybridized carbons (Fsp3) is 0.276. The van der Waals surface area contributed by atoms with Crippen molar-refractivity contribution >= 4 is 40.6 Å². The molecule has 38 heavy (non-hydrogen) atoms. The van der Waals surface area contributed by atoms with E-state index in [1.54, 1.807) is 36.4 Å². The van der Waals surface area contributed by atoms with Gasteiger partial charge in [0.15, 0.2) is 17.3 Å². The van der Waals surface area contributed by atoms with Gasteiger partial charge >= 0.3 is 0 Å². The summed E-state index contributed by atoms with van der Waals surface area (Å²) in [6.07, 6.45) is 1.49. The van der Waals surface area contributed by atoms with E-state index in [-0.39, 0.29) is 30.4 Å². The van der Waals surface area contributed by atoms with Crippen molar-refractivity contribution in [3.8, 4) is 11.5 Å². The minimum Gasteiger partial charge on any atom is -0.454 e. The zero-order valence-corrected chi connectivity index (χ0v) is 20.9. The highest BCUT2D eigenvalue weighted by Gasteiger charge is 2.81. The van der Waals surface area contributed by atoms with Crippen molar-refractivity contribution in [3.05, 3.63) is 82.4 Å². The molecule has 2 N–H and O–H groups in total. The second-order valence-corrected chi connectivity index (χ2v) is 10.9. The third kappa shape index (κ3) is 2.39. The van der Waals surface area contributed by atoms with Crippen LogP contribution in [-0.2, 0) is 20.5 Å². The van der Waals surface area contributed by atoms with E-state index in [9.17, 15) is 14.4 Å². The Bertz CT molecular complexity index is 1610. The van der Waals surface area contributed by atoms with Crippen molar-refractivity contribution in [3.63, 3.8) is 0 Å². The number of Topliss-reactive ketones (excluding diaryl/α,β-unsaturated/α-hetero) is 1. The molecule has 8 rings (SSSR count). The molecule has 2 fully saturated rings. The number of carbonyl (C=O) groups is 3. The number of ether oxygens (including phenoxy) is 2. The Morgan fingerprint density at radius 2 is 1.71 bits per heavy atom. The fourth-order valence-electron chi connectivity index (χ4n) is 7.78. The molecule has 5 heterocycles. The zero-order valence-electron chi connectivity index (χ0n) is 20.1. The van der Waals surface area contributed by atoms with Crippen LogP contribution in [-0.4, -0.2) is 41.9 Å². The highest BCUT2D eigenvalue weighted by Crippen LogP contribution is 2.68. The van der Waals surface area contributed by atoms with Crippen LogP contribution in [0.25, 0.3) is 0 Å². The number of rotatable bonds is 2. The summed E-state index contributed by atoms with van der Waals surface area (Å²) in [7, 11) is 0. The van der Waals surface area contributed by atoms with Crippen LogP contribution in [0.5, 0.6) is 11.5 Å². The van der Waals surface area contributed by atoms with E-state index in [2.05, 4.69) is 15.5 Å². The monoisotopic (exact) mass is 527 g/mol. The summed E-state index contributed by atoms with van der Waals surface area (Å²) in [4.78, 5) is 45.6. The van der Waals surface area contributed by atoms with Gasteiger partial charge in [0.2, 0.25) is 12.7 Å². The van der Waals surface area contributed by atoms with Crippen LogP contribution in [0.15, 0.2) is 60.7 Å². The number of halogens is 1. The molecule has 2 amide bonds. The largest absolute Gasteiger partial charge is 0.454 e. The van der Waals surface area contributed by atoms with Gasteiger partial charge < -0.3 is 20.1 Å². The van der Waals surface area contributed by atoms with Crippen molar-refractivity contribution in [1.29, 1.82) is 0 Å². The first kappa shape index (κ1) is 22.1. The van der Waals surface area contributed by atoms with Gasteiger partial charge in [0.25, 0.3) is 5.91 Å². The van der Waals surface area contributed by atoms with Crippen LogP contribution in [0.2, 0.25) is 5.02 Å². The van der Waals surface area contributed by atoms with Crippen molar-refractivity contribution < 1.29 is 23.9 Å². The van der Waals surface area contributed by atoms with Crippen LogP contribution in [0.1, 0.15) is 34.3 Å². The van der Waals surface area contributed by atoms with Gasteiger partial charge in [-0.15, -0.1) is 0 Å². The van der Waals surface area contributed by atoms with E-state index in [1.807, 2.05) is 24.3 Å². The summed E-state index contributed by atoms with van der Waals surface area (Å²) in [6.45, 7) is 0.666. The molecular formula is C29H22ClN3O5. The molecule has 0 saturated carbocycles. The summed E-state index contributed by atoms with van der Waals surface area (Å²) in [6, 6.07) is 17.4. The molecule has 0 bridgehead atoms. The van der Waals surface area contributed by atoms with Crippen molar-refractivity contribution in [1.82, 2.24) is 4.90 Å². The van der Waals surface area contributed by atoms with Crippen LogP contribution in [0.3, 0.4) is 0 Å². The molecule has 3 aromatic carbocycles. The molecule has 190 valence electrons. The summed E-state index contributed by atoms with van der Waals surface area (Å²) in [5.41, 5.74) is -0.0209.